The molecule has 2 aromatic carbocycles. The van der Waals surface area contributed by atoms with Gasteiger partial charge in [-0.05, 0) is 48.5 Å². The summed E-state index contributed by atoms with van der Waals surface area (Å²) in [4.78, 5) is 11.6. The van der Waals surface area contributed by atoms with Crippen LogP contribution in [0.4, 0.5) is 16.2 Å². The van der Waals surface area contributed by atoms with Crippen LogP contribution in [0.1, 0.15) is 0 Å². The summed E-state index contributed by atoms with van der Waals surface area (Å²) in [5.74, 6) is 0.712. The molecule has 0 atom stereocenters. The fourth-order valence-corrected chi connectivity index (χ4v) is 1.73. The molecule has 2 amide bonds. The summed E-state index contributed by atoms with van der Waals surface area (Å²) in [6.45, 7) is 0.766. The molecule has 0 aliphatic rings. The number of nitrogens with one attached hydrogen (secondary N) is 2. The van der Waals surface area contributed by atoms with Crippen molar-refractivity contribution in [1.82, 2.24) is 5.32 Å². The first kappa shape index (κ1) is 15.0. The van der Waals surface area contributed by atoms with Crippen LogP contribution in [-0.2, 0) is 0 Å². The minimum Gasteiger partial charge on any atom is -0.492 e. The summed E-state index contributed by atoms with van der Waals surface area (Å²) in [6, 6.07) is 13.7. The number of hydrogen-bond donors (Lipinski definition) is 3. The molecular weight excluding hydrogens is 290 g/mol. The van der Waals surface area contributed by atoms with Gasteiger partial charge in [-0.25, -0.2) is 4.79 Å². The van der Waals surface area contributed by atoms with E-state index in [1.54, 1.807) is 48.5 Å². The normalized spacial score (nSPS) is 9.95. The number of carbonyl (C=O) groups excluding carboxylic acids is 1. The molecule has 0 unspecified atom stereocenters. The number of nitrogens with two attached hydrogens (primary N) is 1. The summed E-state index contributed by atoms with van der Waals surface area (Å²) < 4.78 is 5.46. The van der Waals surface area contributed by atoms with Gasteiger partial charge in [0.2, 0.25) is 0 Å². The zero-order chi connectivity index (χ0) is 15.1. The van der Waals surface area contributed by atoms with Gasteiger partial charge < -0.3 is 21.1 Å². The second-order valence-corrected chi connectivity index (χ2v) is 4.74. The van der Waals surface area contributed by atoms with Gasteiger partial charge in [0, 0.05) is 16.4 Å². The molecule has 0 saturated heterocycles. The molecule has 0 heterocycles. The Kier molecular flexibility index (Phi) is 5.29. The van der Waals surface area contributed by atoms with Gasteiger partial charge in [0.15, 0.2) is 0 Å². The molecule has 5 nitrogen and oxygen atoms in total. The average Bonchev–Trinajstić information content (AvgIpc) is 2.48. The summed E-state index contributed by atoms with van der Waals surface area (Å²) >= 11 is 5.77. The lowest BCUT2D eigenvalue weighted by Gasteiger charge is -2.09. The second-order valence-electron chi connectivity index (χ2n) is 4.31. The van der Waals surface area contributed by atoms with Crippen LogP contribution in [0.3, 0.4) is 0 Å². The van der Waals surface area contributed by atoms with Crippen LogP contribution in [0.2, 0.25) is 5.02 Å². The Balaban J connectivity index is 1.67. The highest BCUT2D eigenvalue weighted by Crippen LogP contribution is 2.13. The Morgan fingerprint density at radius 1 is 1.10 bits per heavy atom. The van der Waals surface area contributed by atoms with Gasteiger partial charge in [-0.2, -0.15) is 0 Å². The maximum absolute atomic E-state index is 11.6. The zero-order valence-electron chi connectivity index (χ0n) is 11.3. The van der Waals surface area contributed by atoms with Crippen LogP contribution < -0.4 is 21.1 Å². The lowest BCUT2D eigenvalue weighted by molar-refractivity contribution is 0.247. The van der Waals surface area contributed by atoms with E-state index in [-0.39, 0.29) is 6.03 Å². The number of hydrogen-bond acceptors (Lipinski definition) is 3. The third-order valence-corrected chi connectivity index (χ3v) is 2.89. The number of carbonyl (C=O) groups is 1. The Labute approximate surface area is 128 Å². The largest absolute Gasteiger partial charge is 0.492 e. The minimum absolute atomic E-state index is 0.293. The van der Waals surface area contributed by atoms with Gasteiger partial charge in [-0.3, -0.25) is 0 Å². The van der Waals surface area contributed by atoms with Crippen molar-refractivity contribution in [3.63, 3.8) is 0 Å². The van der Waals surface area contributed by atoms with Gasteiger partial charge in [-0.15, -0.1) is 0 Å². The summed E-state index contributed by atoms with van der Waals surface area (Å²) in [7, 11) is 0. The summed E-state index contributed by atoms with van der Waals surface area (Å²) in [6.07, 6.45) is 0. The molecule has 21 heavy (non-hydrogen) atoms. The number of rotatable bonds is 5. The van der Waals surface area contributed by atoms with E-state index in [1.807, 2.05) is 0 Å². The number of amides is 2. The molecular formula is C15H16ClN3O2. The third-order valence-electron chi connectivity index (χ3n) is 2.64. The first-order valence-corrected chi connectivity index (χ1v) is 6.80. The quantitative estimate of drug-likeness (QED) is 0.587. The van der Waals surface area contributed by atoms with Crippen LogP contribution >= 0.6 is 11.6 Å². The van der Waals surface area contributed by atoms with E-state index in [4.69, 9.17) is 22.1 Å². The van der Waals surface area contributed by atoms with Gasteiger partial charge >= 0.3 is 6.03 Å². The van der Waals surface area contributed by atoms with E-state index in [1.165, 1.54) is 0 Å². The maximum atomic E-state index is 11.6. The van der Waals surface area contributed by atoms with Gasteiger partial charge in [0.05, 0.1) is 6.54 Å². The lowest BCUT2D eigenvalue weighted by atomic mass is 10.3. The predicted molar refractivity (Wildman–Crippen MR) is 84.8 cm³/mol. The number of anilines is 2. The molecule has 2 rings (SSSR count). The number of benzene rings is 2. The van der Waals surface area contributed by atoms with Crippen LogP contribution in [0.5, 0.6) is 5.75 Å². The van der Waals surface area contributed by atoms with Crippen molar-refractivity contribution in [2.75, 3.05) is 24.2 Å². The maximum Gasteiger partial charge on any atom is 0.319 e. The van der Waals surface area contributed by atoms with Crippen molar-refractivity contribution >= 4 is 29.0 Å². The number of ether oxygens (including phenoxy) is 1. The summed E-state index contributed by atoms with van der Waals surface area (Å²) in [5.41, 5.74) is 6.94. The SMILES string of the molecule is Nc1ccc(OCCNC(=O)Nc2ccc(Cl)cc2)cc1. The van der Waals surface area contributed by atoms with Crippen LogP contribution in [0.25, 0.3) is 0 Å². The zero-order valence-corrected chi connectivity index (χ0v) is 12.1. The molecule has 0 fully saturated rings. The second kappa shape index (κ2) is 7.40. The number of halogens is 1. The van der Waals surface area contributed by atoms with Gasteiger partial charge in [0.25, 0.3) is 0 Å². The van der Waals surface area contributed by atoms with E-state index in [9.17, 15) is 4.79 Å². The molecule has 0 aliphatic heterocycles. The van der Waals surface area contributed by atoms with E-state index < -0.39 is 0 Å². The number of urea groups is 1. The Morgan fingerprint density at radius 3 is 2.43 bits per heavy atom. The van der Waals surface area contributed by atoms with Gasteiger partial charge in [-0.1, -0.05) is 11.6 Å². The van der Waals surface area contributed by atoms with Crippen molar-refractivity contribution in [2.45, 2.75) is 0 Å². The smallest absolute Gasteiger partial charge is 0.319 e. The molecule has 6 heteroatoms. The average molecular weight is 306 g/mol. The minimum atomic E-state index is -0.293. The van der Waals surface area contributed by atoms with Crippen LogP contribution in [-0.4, -0.2) is 19.2 Å². The Morgan fingerprint density at radius 2 is 1.76 bits per heavy atom. The molecule has 4 N–H and O–H groups in total. The summed E-state index contributed by atoms with van der Waals surface area (Å²) in [5, 5.41) is 6.01. The van der Waals surface area contributed by atoms with Crippen LogP contribution in [0.15, 0.2) is 48.5 Å². The van der Waals surface area contributed by atoms with Gasteiger partial charge in [0.1, 0.15) is 12.4 Å². The monoisotopic (exact) mass is 305 g/mol. The molecule has 0 radical (unpaired) electrons. The molecule has 0 aromatic heterocycles. The molecule has 0 aliphatic carbocycles. The van der Waals surface area contributed by atoms with Crippen molar-refractivity contribution in [2.24, 2.45) is 0 Å². The fraction of sp³-hybridized carbons (Fsp3) is 0.133. The van der Waals surface area contributed by atoms with E-state index >= 15 is 0 Å². The first-order valence-electron chi connectivity index (χ1n) is 6.42. The standard InChI is InChI=1S/C15H16ClN3O2/c16-11-1-5-13(6-2-11)19-15(20)18-9-10-21-14-7-3-12(17)4-8-14/h1-8H,9-10,17H2,(H2,18,19,20). The molecule has 110 valence electrons. The predicted octanol–water partition coefficient (Wildman–Crippen LogP) is 3.12. The highest BCUT2D eigenvalue weighted by atomic mass is 35.5. The first-order chi connectivity index (χ1) is 10.1. The van der Waals surface area contributed by atoms with E-state index in [2.05, 4.69) is 10.6 Å². The van der Waals surface area contributed by atoms with Crippen molar-refractivity contribution in [3.8, 4) is 5.75 Å². The highest BCUT2D eigenvalue weighted by Gasteiger charge is 2.01. The molecule has 2 aromatic rings. The van der Waals surface area contributed by atoms with Crippen molar-refractivity contribution in [3.05, 3.63) is 53.6 Å². The fourth-order valence-electron chi connectivity index (χ4n) is 1.61. The highest BCUT2D eigenvalue weighted by molar-refractivity contribution is 6.30. The van der Waals surface area contributed by atoms with Crippen LogP contribution in [0, 0.1) is 0 Å². The topological polar surface area (TPSA) is 76.4 Å². The lowest BCUT2D eigenvalue weighted by Crippen LogP contribution is -2.32. The molecule has 0 saturated carbocycles. The Hall–Kier alpha value is -2.40. The Bertz CT molecular complexity index is 585. The van der Waals surface area contributed by atoms with Crippen molar-refractivity contribution in [1.29, 1.82) is 0 Å². The van der Waals surface area contributed by atoms with E-state index in [0.717, 1.165) is 0 Å². The molecule has 0 bridgehead atoms. The molecule has 0 spiro atoms. The third kappa shape index (κ3) is 5.24. The van der Waals surface area contributed by atoms with Crippen molar-refractivity contribution < 1.29 is 9.53 Å². The van der Waals surface area contributed by atoms with E-state index in [0.29, 0.717) is 35.3 Å². The number of nitrogen functional groups attached to an aromatic ring is 1.